The van der Waals surface area contributed by atoms with Gasteiger partial charge >= 0.3 is 0 Å². The molecule has 0 aromatic heterocycles. The molecule has 0 aliphatic carbocycles. The van der Waals surface area contributed by atoms with Crippen LogP contribution >= 0.6 is 0 Å². The molecule has 0 spiro atoms. The largest absolute Gasteiger partial charge is 0.336 e. The summed E-state index contributed by atoms with van der Waals surface area (Å²) in [5.41, 5.74) is 3.11. The van der Waals surface area contributed by atoms with E-state index in [1.807, 2.05) is 41.3 Å². The maximum absolute atomic E-state index is 12.9. The Morgan fingerprint density at radius 3 is 2.03 bits per heavy atom. The van der Waals surface area contributed by atoms with Crippen molar-refractivity contribution < 1.29 is 9.59 Å². The van der Waals surface area contributed by atoms with Gasteiger partial charge in [0.2, 0.25) is 0 Å². The van der Waals surface area contributed by atoms with E-state index < -0.39 is 0 Å². The van der Waals surface area contributed by atoms with Crippen LogP contribution in [0.4, 0.5) is 5.69 Å². The minimum atomic E-state index is -0.165. The van der Waals surface area contributed by atoms with Gasteiger partial charge in [-0.2, -0.15) is 0 Å². The molecule has 1 saturated heterocycles. The van der Waals surface area contributed by atoms with Crippen LogP contribution < -0.4 is 5.32 Å². The molecular weight excluding hydrogens is 398 g/mol. The molecule has 0 unspecified atom stereocenters. The van der Waals surface area contributed by atoms with E-state index in [9.17, 15) is 9.59 Å². The fourth-order valence-electron chi connectivity index (χ4n) is 3.71. The van der Waals surface area contributed by atoms with E-state index in [1.165, 1.54) is 5.56 Å². The molecule has 162 valence electrons. The van der Waals surface area contributed by atoms with Crippen molar-refractivity contribution in [2.45, 2.75) is 0 Å². The normalized spacial score (nSPS) is 14.4. The fraction of sp³-hybridized carbons (Fsp3) is 0.185. The van der Waals surface area contributed by atoms with E-state index in [1.54, 1.807) is 36.4 Å². The van der Waals surface area contributed by atoms with Crippen LogP contribution in [0.3, 0.4) is 0 Å². The van der Waals surface area contributed by atoms with Crippen molar-refractivity contribution in [1.29, 1.82) is 0 Å². The average Bonchev–Trinajstić information content (AvgIpc) is 2.86. The van der Waals surface area contributed by atoms with E-state index >= 15 is 0 Å². The number of hydrogen-bond acceptors (Lipinski definition) is 3. The summed E-state index contributed by atoms with van der Waals surface area (Å²) in [5, 5.41) is 2.86. The third-order valence-corrected chi connectivity index (χ3v) is 5.56. The number of nitrogens with one attached hydrogen (secondary N) is 1. The summed E-state index contributed by atoms with van der Waals surface area (Å²) in [7, 11) is 0. The van der Waals surface area contributed by atoms with Crippen molar-refractivity contribution in [3.63, 3.8) is 0 Å². The highest BCUT2D eigenvalue weighted by Gasteiger charge is 2.21. The predicted molar refractivity (Wildman–Crippen MR) is 129 cm³/mol. The number of hydrogen-bond donors (Lipinski definition) is 1. The quantitative estimate of drug-likeness (QED) is 0.637. The van der Waals surface area contributed by atoms with Gasteiger partial charge in [-0.3, -0.25) is 14.5 Å². The molecular formula is C27H27N3O2. The van der Waals surface area contributed by atoms with Crippen molar-refractivity contribution in [2.24, 2.45) is 0 Å². The molecule has 1 fully saturated rings. The summed E-state index contributed by atoms with van der Waals surface area (Å²) in [6.45, 7) is 4.02. The average molecular weight is 426 g/mol. The van der Waals surface area contributed by atoms with Crippen molar-refractivity contribution in [1.82, 2.24) is 9.80 Å². The number of carbonyl (C=O) groups is 2. The summed E-state index contributed by atoms with van der Waals surface area (Å²) in [6.07, 6.45) is 4.31. The highest BCUT2D eigenvalue weighted by Crippen LogP contribution is 2.14. The standard InChI is InChI=1S/C27H27N3O2/c31-26(23-11-5-2-6-12-23)28-25-15-13-24(14-16-25)27(32)30-20-18-29(19-21-30)17-7-10-22-8-3-1-4-9-22/h1-16H,17-21H2,(H,28,31)/b10-7+. The first kappa shape index (κ1) is 21.5. The lowest BCUT2D eigenvalue weighted by molar-refractivity contribution is 0.0650. The molecule has 0 atom stereocenters. The molecule has 1 aliphatic heterocycles. The Hall–Kier alpha value is -3.70. The van der Waals surface area contributed by atoms with Gasteiger partial charge in [-0.15, -0.1) is 0 Å². The third kappa shape index (κ3) is 5.71. The molecule has 3 aromatic carbocycles. The molecule has 4 rings (SSSR count). The fourth-order valence-corrected chi connectivity index (χ4v) is 3.71. The minimum absolute atomic E-state index is 0.0328. The molecule has 0 radical (unpaired) electrons. The van der Waals surface area contributed by atoms with Gasteiger partial charge in [-0.1, -0.05) is 60.7 Å². The summed E-state index contributed by atoms with van der Waals surface area (Å²) in [4.78, 5) is 29.4. The molecule has 0 bridgehead atoms. The van der Waals surface area contributed by atoms with E-state index in [-0.39, 0.29) is 11.8 Å². The van der Waals surface area contributed by atoms with Crippen molar-refractivity contribution >= 4 is 23.6 Å². The number of amides is 2. The van der Waals surface area contributed by atoms with Crippen LogP contribution in [0.2, 0.25) is 0 Å². The van der Waals surface area contributed by atoms with Gasteiger partial charge in [0, 0.05) is 49.5 Å². The smallest absolute Gasteiger partial charge is 0.255 e. The summed E-state index contributed by atoms with van der Waals surface area (Å²) < 4.78 is 0. The maximum Gasteiger partial charge on any atom is 0.255 e. The van der Waals surface area contributed by atoms with Gasteiger partial charge in [0.05, 0.1) is 0 Å². The monoisotopic (exact) mass is 425 g/mol. The van der Waals surface area contributed by atoms with Crippen LogP contribution in [0.1, 0.15) is 26.3 Å². The van der Waals surface area contributed by atoms with Crippen LogP contribution in [0.5, 0.6) is 0 Å². The van der Waals surface area contributed by atoms with Crippen molar-refractivity contribution in [3.8, 4) is 0 Å². The second-order valence-corrected chi connectivity index (χ2v) is 7.80. The summed E-state index contributed by atoms with van der Waals surface area (Å²) in [5.74, 6) is -0.132. The van der Waals surface area contributed by atoms with Gasteiger partial charge in [0.25, 0.3) is 11.8 Å². The molecule has 3 aromatic rings. The van der Waals surface area contributed by atoms with Gasteiger partial charge < -0.3 is 10.2 Å². The summed E-state index contributed by atoms with van der Waals surface area (Å²) >= 11 is 0. The van der Waals surface area contributed by atoms with Crippen LogP contribution in [-0.4, -0.2) is 54.3 Å². The zero-order chi connectivity index (χ0) is 22.2. The van der Waals surface area contributed by atoms with E-state index in [4.69, 9.17) is 0 Å². The Kier molecular flexibility index (Phi) is 7.10. The topological polar surface area (TPSA) is 52.7 Å². The Morgan fingerprint density at radius 1 is 0.750 bits per heavy atom. The molecule has 1 N–H and O–H groups in total. The Morgan fingerprint density at radius 2 is 1.38 bits per heavy atom. The molecule has 1 aliphatic rings. The lowest BCUT2D eigenvalue weighted by atomic mass is 10.1. The second-order valence-electron chi connectivity index (χ2n) is 7.80. The Balaban J connectivity index is 1.26. The lowest BCUT2D eigenvalue weighted by Crippen LogP contribution is -2.48. The number of carbonyl (C=O) groups excluding carboxylic acids is 2. The number of anilines is 1. The molecule has 2 amide bonds. The first-order valence-electron chi connectivity index (χ1n) is 10.9. The van der Waals surface area contributed by atoms with Gasteiger partial charge in [0.1, 0.15) is 0 Å². The first-order chi connectivity index (χ1) is 15.7. The van der Waals surface area contributed by atoms with Gasteiger partial charge in [-0.25, -0.2) is 0 Å². The van der Waals surface area contributed by atoms with Crippen LogP contribution in [-0.2, 0) is 0 Å². The van der Waals surface area contributed by atoms with Crippen molar-refractivity contribution in [2.75, 3.05) is 38.0 Å². The highest BCUT2D eigenvalue weighted by molar-refractivity contribution is 6.04. The van der Waals surface area contributed by atoms with Gasteiger partial charge in [0.15, 0.2) is 0 Å². The number of benzene rings is 3. The molecule has 5 heteroatoms. The van der Waals surface area contributed by atoms with Crippen LogP contribution in [0, 0.1) is 0 Å². The number of piperazine rings is 1. The Labute approximate surface area is 189 Å². The number of nitrogens with zero attached hydrogens (tertiary/aromatic N) is 2. The second kappa shape index (κ2) is 10.6. The van der Waals surface area contributed by atoms with Crippen LogP contribution in [0.25, 0.3) is 6.08 Å². The number of rotatable bonds is 6. The van der Waals surface area contributed by atoms with Gasteiger partial charge in [-0.05, 0) is 42.0 Å². The zero-order valence-corrected chi connectivity index (χ0v) is 18.0. The molecule has 0 saturated carbocycles. The van der Waals surface area contributed by atoms with Crippen LogP contribution in [0.15, 0.2) is 91.0 Å². The maximum atomic E-state index is 12.9. The SMILES string of the molecule is O=C(Nc1ccc(C(=O)N2CCN(C/C=C/c3ccccc3)CC2)cc1)c1ccccc1. The molecule has 5 nitrogen and oxygen atoms in total. The predicted octanol–water partition coefficient (Wildman–Crippen LogP) is 4.41. The van der Waals surface area contributed by atoms with E-state index in [0.717, 1.165) is 19.6 Å². The zero-order valence-electron chi connectivity index (χ0n) is 18.0. The first-order valence-corrected chi connectivity index (χ1v) is 10.9. The minimum Gasteiger partial charge on any atom is -0.336 e. The lowest BCUT2D eigenvalue weighted by Gasteiger charge is -2.34. The van der Waals surface area contributed by atoms with E-state index in [0.29, 0.717) is 29.9 Å². The third-order valence-electron chi connectivity index (χ3n) is 5.56. The van der Waals surface area contributed by atoms with E-state index in [2.05, 4.69) is 34.5 Å². The molecule has 32 heavy (non-hydrogen) atoms. The highest BCUT2D eigenvalue weighted by atomic mass is 16.2. The van der Waals surface area contributed by atoms with Crippen molar-refractivity contribution in [3.05, 3.63) is 108 Å². The summed E-state index contributed by atoms with van der Waals surface area (Å²) in [6, 6.07) is 26.4. The molecule has 1 heterocycles. The Bertz CT molecular complexity index is 1060.